The summed E-state index contributed by atoms with van der Waals surface area (Å²) in [6.45, 7) is 2.45. The van der Waals surface area contributed by atoms with Gasteiger partial charge >= 0.3 is 0 Å². The molecule has 2 rings (SSSR count). The Kier molecular flexibility index (Phi) is 3.28. The summed E-state index contributed by atoms with van der Waals surface area (Å²) in [5, 5.41) is 3.12. The molecule has 1 aromatic carbocycles. The first kappa shape index (κ1) is 11.9. The molecule has 1 saturated heterocycles. The van der Waals surface area contributed by atoms with Crippen molar-refractivity contribution in [1.82, 2.24) is 5.32 Å². The zero-order valence-corrected chi connectivity index (χ0v) is 10.6. The molecule has 1 fully saturated rings. The Morgan fingerprint density at radius 3 is 2.88 bits per heavy atom. The fourth-order valence-electron chi connectivity index (χ4n) is 1.80. The number of nitrogens with one attached hydrogen (secondary N) is 1. The van der Waals surface area contributed by atoms with Crippen LogP contribution in [0, 0.1) is 5.92 Å². The van der Waals surface area contributed by atoms with Gasteiger partial charge in [-0.25, -0.2) is 0 Å². The zero-order chi connectivity index (χ0) is 12.4. The van der Waals surface area contributed by atoms with E-state index in [-0.39, 0.29) is 11.8 Å². The molecular formula is C12H14N2O2S. The lowest BCUT2D eigenvalue weighted by atomic mass is 10.1. The topological polar surface area (TPSA) is 41.6 Å². The summed E-state index contributed by atoms with van der Waals surface area (Å²) in [7, 11) is 1.62. The van der Waals surface area contributed by atoms with E-state index in [4.69, 9.17) is 17.0 Å². The van der Waals surface area contributed by atoms with Crippen molar-refractivity contribution in [3.63, 3.8) is 0 Å². The number of para-hydroxylation sites is 2. The van der Waals surface area contributed by atoms with E-state index in [1.807, 2.05) is 36.1 Å². The highest BCUT2D eigenvalue weighted by Crippen LogP contribution is 2.29. The van der Waals surface area contributed by atoms with Gasteiger partial charge < -0.3 is 15.0 Å². The maximum atomic E-state index is 11.5. The Hall–Kier alpha value is -1.62. The minimum absolute atomic E-state index is 0.0267. The van der Waals surface area contributed by atoms with Crippen LogP contribution in [-0.4, -0.2) is 24.7 Å². The number of anilines is 1. The largest absolute Gasteiger partial charge is 0.495 e. The molecule has 4 nitrogen and oxygen atoms in total. The first-order valence-corrected chi connectivity index (χ1v) is 5.79. The number of nitrogens with zero attached hydrogens (tertiary/aromatic N) is 1. The standard InChI is InChI=1S/C12H14N2O2S/c1-8-7-14(12(17)13-11(8)15)9-5-3-4-6-10(9)16-2/h3-6,8H,7H2,1-2H3,(H,13,15,17)/t8-/m1/s1. The SMILES string of the molecule is COc1ccccc1N1C[C@@H](C)C(=O)NC1=S. The molecule has 0 bridgehead atoms. The van der Waals surface area contributed by atoms with Crippen LogP contribution in [-0.2, 0) is 4.79 Å². The number of benzene rings is 1. The molecule has 17 heavy (non-hydrogen) atoms. The fourth-order valence-corrected chi connectivity index (χ4v) is 2.07. The van der Waals surface area contributed by atoms with Crippen molar-refractivity contribution in [2.75, 3.05) is 18.6 Å². The second kappa shape index (κ2) is 4.71. The quantitative estimate of drug-likeness (QED) is 0.809. The van der Waals surface area contributed by atoms with Crippen molar-refractivity contribution in [3.8, 4) is 5.75 Å². The fraction of sp³-hybridized carbons (Fsp3) is 0.333. The van der Waals surface area contributed by atoms with E-state index in [1.54, 1.807) is 7.11 Å². The van der Waals surface area contributed by atoms with Crippen molar-refractivity contribution < 1.29 is 9.53 Å². The van der Waals surface area contributed by atoms with Crippen LogP contribution in [0.5, 0.6) is 5.75 Å². The molecular weight excluding hydrogens is 236 g/mol. The molecule has 0 aromatic heterocycles. The van der Waals surface area contributed by atoms with Crippen LogP contribution in [0.2, 0.25) is 0 Å². The van der Waals surface area contributed by atoms with Gasteiger partial charge in [-0.15, -0.1) is 0 Å². The third-order valence-corrected chi connectivity index (χ3v) is 3.08. The van der Waals surface area contributed by atoms with Gasteiger partial charge in [0.05, 0.1) is 18.7 Å². The molecule has 1 aromatic rings. The molecule has 0 aliphatic carbocycles. The first-order chi connectivity index (χ1) is 8.13. The van der Waals surface area contributed by atoms with Gasteiger partial charge in [-0.1, -0.05) is 19.1 Å². The van der Waals surface area contributed by atoms with E-state index >= 15 is 0 Å². The number of thiocarbonyl (C=S) groups is 1. The molecule has 1 N–H and O–H groups in total. The van der Waals surface area contributed by atoms with Crippen LogP contribution in [0.1, 0.15) is 6.92 Å². The van der Waals surface area contributed by atoms with Crippen molar-refractivity contribution >= 4 is 28.9 Å². The second-order valence-electron chi connectivity index (χ2n) is 3.98. The van der Waals surface area contributed by atoms with E-state index in [1.165, 1.54) is 0 Å². The molecule has 0 spiro atoms. The zero-order valence-electron chi connectivity index (χ0n) is 9.77. The lowest BCUT2D eigenvalue weighted by Crippen LogP contribution is -2.53. The minimum Gasteiger partial charge on any atom is -0.495 e. The third kappa shape index (κ3) is 2.24. The van der Waals surface area contributed by atoms with Gasteiger partial charge in [0.25, 0.3) is 0 Å². The van der Waals surface area contributed by atoms with Gasteiger partial charge in [-0.2, -0.15) is 0 Å². The van der Waals surface area contributed by atoms with Gasteiger partial charge in [0.2, 0.25) is 5.91 Å². The van der Waals surface area contributed by atoms with Crippen LogP contribution in [0.3, 0.4) is 0 Å². The van der Waals surface area contributed by atoms with Crippen LogP contribution in [0.25, 0.3) is 0 Å². The van der Waals surface area contributed by atoms with Crippen molar-refractivity contribution in [3.05, 3.63) is 24.3 Å². The molecule has 90 valence electrons. The summed E-state index contributed by atoms with van der Waals surface area (Å²) in [6, 6.07) is 7.62. The molecule has 1 atom stereocenters. The maximum absolute atomic E-state index is 11.5. The average Bonchev–Trinajstić information content (AvgIpc) is 2.34. The lowest BCUT2D eigenvalue weighted by Gasteiger charge is -2.33. The molecule has 1 aliphatic rings. The third-order valence-electron chi connectivity index (χ3n) is 2.76. The summed E-state index contributed by atoms with van der Waals surface area (Å²) in [6.07, 6.45) is 0. The molecule has 0 saturated carbocycles. The Morgan fingerprint density at radius 2 is 2.18 bits per heavy atom. The highest BCUT2D eigenvalue weighted by atomic mass is 32.1. The molecule has 5 heteroatoms. The minimum atomic E-state index is -0.0911. The molecule has 1 aliphatic heterocycles. The molecule has 1 heterocycles. The summed E-state index contributed by atoms with van der Waals surface area (Å²) in [5.41, 5.74) is 0.881. The average molecular weight is 250 g/mol. The van der Waals surface area contributed by atoms with E-state index in [9.17, 15) is 4.79 Å². The number of hydrogen-bond donors (Lipinski definition) is 1. The van der Waals surface area contributed by atoms with Crippen LogP contribution >= 0.6 is 12.2 Å². The lowest BCUT2D eigenvalue weighted by molar-refractivity contribution is -0.123. The smallest absolute Gasteiger partial charge is 0.230 e. The summed E-state index contributed by atoms with van der Waals surface area (Å²) >= 11 is 5.19. The van der Waals surface area contributed by atoms with E-state index in [0.29, 0.717) is 11.7 Å². The number of carbonyl (C=O) groups is 1. The van der Waals surface area contributed by atoms with Gasteiger partial charge in [-0.3, -0.25) is 4.79 Å². The van der Waals surface area contributed by atoms with Crippen LogP contribution in [0.4, 0.5) is 5.69 Å². The molecule has 0 unspecified atom stereocenters. The van der Waals surface area contributed by atoms with Crippen molar-refractivity contribution in [1.29, 1.82) is 0 Å². The number of rotatable bonds is 2. The van der Waals surface area contributed by atoms with Crippen LogP contribution in [0.15, 0.2) is 24.3 Å². The Balaban J connectivity index is 2.33. The molecule has 1 amide bonds. The highest BCUT2D eigenvalue weighted by Gasteiger charge is 2.28. The molecule has 0 radical (unpaired) electrons. The van der Waals surface area contributed by atoms with Crippen molar-refractivity contribution in [2.24, 2.45) is 5.92 Å². The van der Waals surface area contributed by atoms with E-state index < -0.39 is 0 Å². The summed E-state index contributed by atoms with van der Waals surface area (Å²) in [4.78, 5) is 13.4. The first-order valence-electron chi connectivity index (χ1n) is 5.39. The van der Waals surface area contributed by atoms with E-state index in [0.717, 1.165) is 11.4 Å². The Bertz CT molecular complexity index is 462. The summed E-state index contributed by atoms with van der Waals surface area (Å²) < 4.78 is 5.29. The van der Waals surface area contributed by atoms with Gasteiger partial charge in [-0.05, 0) is 24.4 Å². The number of amides is 1. The predicted octanol–water partition coefficient (Wildman–Crippen LogP) is 1.55. The predicted molar refractivity (Wildman–Crippen MR) is 70.2 cm³/mol. The Morgan fingerprint density at radius 1 is 1.47 bits per heavy atom. The van der Waals surface area contributed by atoms with Crippen molar-refractivity contribution in [2.45, 2.75) is 6.92 Å². The number of ether oxygens (including phenoxy) is 1. The number of hydrogen-bond acceptors (Lipinski definition) is 3. The monoisotopic (exact) mass is 250 g/mol. The van der Waals surface area contributed by atoms with Crippen LogP contribution < -0.4 is 15.0 Å². The number of carbonyl (C=O) groups excluding carboxylic acids is 1. The number of methoxy groups -OCH3 is 1. The Labute approximate surface area is 106 Å². The van der Waals surface area contributed by atoms with E-state index in [2.05, 4.69) is 5.32 Å². The highest BCUT2D eigenvalue weighted by molar-refractivity contribution is 7.80. The van der Waals surface area contributed by atoms with Gasteiger partial charge in [0, 0.05) is 6.54 Å². The normalized spacial score (nSPS) is 20.1. The van der Waals surface area contributed by atoms with Gasteiger partial charge in [0.1, 0.15) is 5.75 Å². The maximum Gasteiger partial charge on any atom is 0.230 e. The summed E-state index contributed by atoms with van der Waals surface area (Å²) in [5.74, 6) is 0.631. The van der Waals surface area contributed by atoms with Gasteiger partial charge in [0.15, 0.2) is 5.11 Å². The second-order valence-corrected chi connectivity index (χ2v) is 4.36.